The number of rotatable bonds is 5. The second-order valence-electron chi connectivity index (χ2n) is 11.5. The van der Waals surface area contributed by atoms with Crippen LogP contribution in [0.4, 0.5) is 5.69 Å². The molecule has 4 fully saturated rings. The summed E-state index contributed by atoms with van der Waals surface area (Å²) in [5.41, 5.74) is 6.74. The number of aromatic nitrogens is 1. The summed E-state index contributed by atoms with van der Waals surface area (Å²) in [6.45, 7) is 4.12. The molecule has 4 aliphatic rings. The number of hydrogen-bond acceptors (Lipinski definition) is 2. The van der Waals surface area contributed by atoms with E-state index in [2.05, 4.69) is 63.1 Å². The number of nitrogens with zero attached hydrogens (tertiary/aromatic N) is 2. The predicted molar refractivity (Wildman–Crippen MR) is 151 cm³/mol. The van der Waals surface area contributed by atoms with Crippen LogP contribution in [0.2, 0.25) is 0 Å². The molecule has 0 spiro atoms. The van der Waals surface area contributed by atoms with Crippen LogP contribution in [0.1, 0.15) is 61.0 Å². The molecule has 3 aromatic rings. The van der Waals surface area contributed by atoms with Gasteiger partial charge in [0.1, 0.15) is 11.6 Å². The predicted octanol–water partition coefficient (Wildman–Crippen LogP) is 7.87. The molecule has 0 radical (unpaired) electrons. The zero-order valence-electron chi connectivity index (χ0n) is 21.4. The molecular formula is C32H32BrN3O. The molecule has 7 rings (SSSR count). The average molecular weight is 555 g/mol. The van der Waals surface area contributed by atoms with Crippen LogP contribution in [0.15, 0.2) is 64.6 Å². The van der Waals surface area contributed by atoms with Crippen molar-refractivity contribution in [3.8, 4) is 11.8 Å². The maximum atomic E-state index is 12.8. The molecule has 0 unspecified atom stereocenters. The standard InChI is InChI=1S/C32H32BrN3O/c1-20-10-25(14-26(19-34)31(37)35-29-5-3-4-28(33)15-29)21(2)36(20)30-8-6-27(7-9-30)32-16-22-11-23(17-32)13-24(12-22)18-32/h3-10,14-15,22-24H,11-13,16-18H2,1-2H3,(H,35,37). The molecule has 1 aromatic heterocycles. The summed E-state index contributed by atoms with van der Waals surface area (Å²) in [6.07, 6.45) is 10.2. The van der Waals surface area contributed by atoms with E-state index in [1.165, 1.54) is 44.1 Å². The fourth-order valence-electron chi connectivity index (χ4n) is 7.83. The van der Waals surface area contributed by atoms with E-state index in [9.17, 15) is 10.1 Å². The second kappa shape index (κ2) is 9.33. The minimum absolute atomic E-state index is 0.0809. The smallest absolute Gasteiger partial charge is 0.266 e. The largest absolute Gasteiger partial charge is 0.321 e. The zero-order valence-corrected chi connectivity index (χ0v) is 23.0. The van der Waals surface area contributed by atoms with Crippen LogP contribution in [-0.4, -0.2) is 10.5 Å². The Hall–Kier alpha value is -3.10. The van der Waals surface area contributed by atoms with Gasteiger partial charge in [0, 0.05) is 27.2 Å². The van der Waals surface area contributed by atoms with Crippen LogP contribution < -0.4 is 5.32 Å². The van der Waals surface area contributed by atoms with Gasteiger partial charge < -0.3 is 9.88 Å². The third-order valence-electron chi connectivity index (χ3n) is 8.99. The number of aryl methyl sites for hydroxylation is 1. The Balaban J connectivity index is 1.25. The highest BCUT2D eigenvalue weighted by Crippen LogP contribution is 2.60. The number of anilines is 1. The Labute approximate surface area is 227 Å². The fraction of sp³-hybridized carbons (Fsp3) is 0.375. The normalized spacial score (nSPS) is 26.2. The highest BCUT2D eigenvalue weighted by molar-refractivity contribution is 9.10. The third-order valence-corrected chi connectivity index (χ3v) is 9.49. The number of carbonyl (C=O) groups is 1. The minimum Gasteiger partial charge on any atom is -0.321 e. The molecule has 2 aromatic carbocycles. The Morgan fingerprint density at radius 2 is 1.68 bits per heavy atom. The van der Waals surface area contributed by atoms with Crippen LogP contribution >= 0.6 is 15.9 Å². The van der Waals surface area contributed by atoms with Crippen LogP contribution in [-0.2, 0) is 10.2 Å². The molecule has 1 amide bonds. The lowest BCUT2D eigenvalue weighted by Gasteiger charge is -2.57. The quantitative estimate of drug-likeness (QED) is 0.258. The fourth-order valence-corrected chi connectivity index (χ4v) is 8.23. The first-order valence-electron chi connectivity index (χ1n) is 13.3. The molecule has 4 saturated carbocycles. The molecule has 0 atom stereocenters. The first-order chi connectivity index (χ1) is 17.8. The summed E-state index contributed by atoms with van der Waals surface area (Å²) in [4.78, 5) is 12.8. The van der Waals surface area contributed by atoms with E-state index in [0.717, 1.165) is 44.9 Å². The van der Waals surface area contributed by atoms with Crippen molar-refractivity contribution in [1.82, 2.24) is 4.57 Å². The first-order valence-corrected chi connectivity index (χ1v) is 14.1. The second-order valence-corrected chi connectivity index (χ2v) is 12.5. The summed E-state index contributed by atoms with van der Waals surface area (Å²) in [5.74, 6) is 2.39. The summed E-state index contributed by atoms with van der Waals surface area (Å²) < 4.78 is 3.08. The monoisotopic (exact) mass is 553 g/mol. The highest BCUT2D eigenvalue weighted by atomic mass is 79.9. The molecule has 4 aliphatic carbocycles. The lowest BCUT2D eigenvalue weighted by molar-refractivity contribution is -0.112. The Bertz CT molecular complexity index is 1400. The van der Waals surface area contributed by atoms with E-state index in [1.54, 1.807) is 12.1 Å². The molecule has 1 N–H and O–H groups in total. The first kappa shape index (κ1) is 24.2. The van der Waals surface area contributed by atoms with Gasteiger partial charge in [-0.2, -0.15) is 5.26 Å². The van der Waals surface area contributed by atoms with Crippen molar-refractivity contribution in [3.63, 3.8) is 0 Å². The molecule has 5 heteroatoms. The third kappa shape index (κ3) is 4.46. The molecule has 188 valence electrons. The van der Waals surface area contributed by atoms with Crippen molar-refractivity contribution in [2.24, 2.45) is 17.8 Å². The lowest BCUT2D eigenvalue weighted by Crippen LogP contribution is -2.48. The Morgan fingerprint density at radius 3 is 2.27 bits per heavy atom. The molecule has 37 heavy (non-hydrogen) atoms. The molecule has 4 bridgehead atoms. The van der Waals surface area contributed by atoms with E-state index in [4.69, 9.17) is 0 Å². The maximum Gasteiger partial charge on any atom is 0.266 e. The van der Waals surface area contributed by atoms with Gasteiger partial charge in [-0.25, -0.2) is 0 Å². The SMILES string of the molecule is Cc1cc(C=C(C#N)C(=O)Nc2cccc(Br)c2)c(C)n1-c1ccc(C23CC4CC(CC(C4)C2)C3)cc1. The van der Waals surface area contributed by atoms with E-state index in [-0.39, 0.29) is 5.57 Å². The number of carbonyl (C=O) groups excluding carboxylic acids is 1. The van der Waals surface area contributed by atoms with Gasteiger partial charge >= 0.3 is 0 Å². The van der Waals surface area contributed by atoms with Gasteiger partial charge in [-0.15, -0.1) is 0 Å². The van der Waals surface area contributed by atoms with Crippen LogP contribution in [0.25, 0.3) is 11.8 Å². The Morgan fingerprint density at radius 1 is 1.03 bits per heavy atom. The van der Waals surface area contributed by atoms with Crippen LogP contribution in [0.3, 0.4) is 0 Å². The van der Waals surface area contributed by atoms with Crippen LogP contribution in [0.5, 0.6) is 0 Å². The van der Waals surface area contributed by atoms with Crippen molar-refractivity contribution >= 4 is 33.6 Å². The number of hydrogen-bond donors (Lipinski definition) is 1. The van der Waals surface area contributed by atoms with Gasteiger partial charge in [0.15, 0.2) is 0 Å². The number of amides is 1. The van der Waals surface area contributed by atoms with Gasteiger partial charge in [-0.05, 0) is 129 Å². The number of nitriles is 1. The van der Waals surface area contributed by atoms with E-state index < -0.39 is 5.91 Å². The van der Waals surface area contributed by atoms with E-state index in [1.807, 2.05) is 31.2 Å². The van der Waals surface area contributed by atoms with Crippen LogP contribution in [0, 0.1) is 42.9 Å². The van der Waals surface area contributed by atoms with Crippen molar-refractivity contribution in [2.45, 2.75) is 57.8 Å². The number of nitrogens with one attached hydrogen (secondary N) is 1. The topological polar surface area (TPSA) is 57.8 Å². The van der Waals surface area contributed by atoms with Gasteiger partial charge in [0.05, 0.1) is 0 Å². The highest BCUT2D eigenvalue weighted by Gasteiger charge is 2.51. The van der Waals surface area contributed by atoms with Gasteiger partial charge in [-0.3, -0.25) is 4.79 Å². The molecule has 1 heterocycles. The molecule has 4 nitrogen and oxygen atoms in total. The summed E-state index contributed by atoms with van der Waals surface area (Å²) in [5, 5.41) is 12.5. The summed E-state index contributed by atoms with van der Waals surface area (Å²) >= 11 is 3.41. The van der Waals surface area contributed by atoms with Crippen molar-refractivity contribution in [3.05, 3.63) is 87.2 Å². The zero-order chi connectivity index (χ0) is 25.7. The van der Waals surface area contributed by atoms with E-state index in [0.29, 0.717) is 11.1 Å². The molecule has 0 saturated heterocycles. The van der Waals surface area contributed by atoms with Crippen molar-refractivity contribution in [1.29, 1.82) is 5.26 Å². The number of benzene rings is 2. The van der Waals surface area contributed by atoms with Crippen molar-refractivity contribution < 1.29 is 4.79 Å². The summed E-state index contributed by atoms with van der Waals surface area (Å²) in [7, 11) is 0. The average Bonchev–Trinajstić information content (AvgIpc) is 3.14. The number of halogens is 1. The maximum absolute atomic E-state index is 12.8. The van der Waals surface area contributed by atoms with Crippen molar-refractivity contribution in [2.75, 3.05) is 5.32 Å². The van der Waals surface area contributed by atoms with Gasteiger partial charge in [-0.1, -0.05) is 34.1 Å². The van der Waals surface area contributed by atoms with Gasteiger partial charge in [0.2, 0.25) is 0 Å². The van der Waals surface area contributed by atoms with E-state index >= 15 is 0 Å². The minimum atomic E-state index is -0.412. The molecular weight excluding hydrogens is 522 g/mol. The van der Waals surface area contributed by atoms with Gasteiger partial charge in [0.25, 0.3) is 5.91 Å². The summed E-state index contributed by atoms with van der Waals surface area (Å²) in [6, 6.07) is 20.7. The lowest BCUT2D eigenvalue weighted by atomic mass is 9.48. The molecule has 0 aliphatic heterocycles. The Kier molecular flexibility index (Phi) is 6.12.